The molecule has 4 N–H and O–H groups in total. The van der Waals surface area contributed by atoms with E-state index in [4.69, 9.17) is 10.7 Å². The zero-order valence-corrected chi connectivity index (χ0v) is 17.9. The molecule has 4 aromatic rings. The van der Waals surface area contributed by atoms with Crippen molar-refractivity contribution in [3.05, 3.63) is 65.6 Å². The zero-order valence-electron chi connectivity index (χ0n) is 17.9. The van der Waals surface area contributed by atoms with Gasteiger partial charge in [-0.25, -0.2) is 9.78 Å². The first-order valence-corrected chi connectivity index (χ1v) is 10.8. The smallest absolute Gasteiger partial charge is 0.330 e. The number of rotatable bonds is 9. The van der Waals surface area contributed by atoms with Crippen LogP contribution in [-0.2, 0) is 0 Å². The maximum absolute atomic E-state index is 11.4. The highest BCUT2D eigenvalue weighted by Gasteiger charge is 2.16. The number of benzene rings is 2. The van der Waals surface area contributed by atoms with Crippen LogP contribution < -0.4 is 26.7 Å². The number of amides is 2. The number of hydrogen-bond acceptors (Lipinski definition) is 7. The SMILES string of the molecule is NCCCCCN(c1ccnc(Nc2ccc3c(c2)=NC(=O)N=3)n1)c1cccc2[nH]ncc12. The minimum absolute atomic E-state index is 0.444. The van der Waals surface area contributed by atoms with Gasteiger partial charge in [-0.15, -0.1) is 0 Å². The van der Waals surface area contributed by atoms with Gasteiger partial charge in [0.25, 0.3) is 0 Å². The number of nitrogens with two attached hydrogens (primary N) is 1. The van der Waals surface area contributed by atoms with E-state index in [2.05, 4.69) is 41.4 Å². The van der Waals surface area contributed by atoms with Crippen LogP contribution in [0.2, 0.25) is 0 Å². The van der Waals surface area contributed by atoms with Gasteiger partial charge in [0.2, 0.25) is 5.95 Å². The van der Waals surface area contributed by atoms with Crippen LogP contribution in [0.5, 0.6) is 0 Å². The topological polar surface area (TPSA) is 138 Å². The first-order chi connectivity index (χ1) is 16.2. The van der Waals surface area contributed by atoms with Gasteiger partial charge in [0.1, 0.15) is 5.82 Å². The average molecular weight is 441 g/mol. The summed E-state index contributed by atoms with van der Waals surface area (Å²) in [5, 5.41) is 12.6. The number of nitrogens with zero attached hydrogens (tertiary/aromatic N) is 6. The van der Waals surface area contributed by atoms with Crippen LogP contribution >= 0.6 is 0 Å². The van der Waals surface area contributed by atoms with Crippen molar-refractivity contribution >= 4 is 40.1 Å². The first-order valence-electron chi connectivity index (χ1n) is 10.8. The third-order valence-corrected chi connectivity index (χ3v) is 5.42. The maximum atomic E-state index is 11.4. The van der Waals surface area contributed by atoms with Crippen molar-refractivity contribution in [2.45, 2.75) is 19.3 Å². The predicted octanol–water partition coefficient (Wildman–Crippen LogP) is 2.74. The standard InChI is InChI=1S/C23H23N9O/c24-10-2-1-3-12-32(20-6-4-5-17-16(20)14-26-31-17)21-9-11-25-22(30-21)27-15-7-8-18-19(13-15)29-23(33)28-18/h4-9,11,13-14H,1-3,10,12,24H2,(H,26,31)(H,25,27,30). The van der Waals surface area contributed by atoms with Crippen molar-refractivity contribution in [1.29, 1.82) is 0 Å². The molecule has 166 valence electrons. The van der Waals surface area contributed by atoms with Crippen LogP contribution in [0.3, 0.4) is 0 Å². The highest BCUT2D eigenvalue weighted by molar-refractivity contribution is 5.93. The van der Waals surface area contributed by atoms with Crippen LogP contribution in [0.15, 0.2) is 64.8 Å². The molecule has 33 heavy (non-hydrogen) atoms. The molecule has 2 amide bonds. The number of aromatic nitrogens is 4. The Morgan fingerprint density at radius 3 is 2.85 bits per heavy atom. The van der Waals surface area contributed by atoms with E-state index in [-0.39, 0.29) is 0 Å². The summed E-state index contributed by atoms with van der Waals surface area (Å²) < 4.78 is 0. The van der Waals surface area contributed by atoms with Gasteiger partial charge in [-0.05, 0) is 55.8 Å². The summed E-state index contributed by atoms with van der Waals surface area (Å²) in [5.41, 5.74) is 8.39. The Labute approximate surface area is 189 Å². The summed E-state index contributed by atoms with van der Waals surface area (Å²) in [4.78, 5) is 30.5. The molecule has 3 heterocycles. The molecule has 0 saturated carbocycles. The van der Waals surface area contributed by atoms with E-state index in [1.54, 1.807) is 18.3 Å². The van der Waals surface area contributed by atoms with Gasteiger partial charge >= 0.3 is 6.03 Å². The minimum atomic E-state index is -0.487. The number of hydrogen-bond donors (Lipinski definition) is 3. The molecule has 0 spiro atoms. The lowest BCUT2D eigenvalue weighted by atomic mass is 10.1. The Morgan fingerprint density at radius 2 is 1.94 bits per heavy atom. The number of aromatic amines is 1. The molecule has 2 aromatic carbocycles. The third-order valence-electron chi connectivity index (χ3n) is 5.42. The van der Waals surface area contributed by atoms with Crippen molar-refractivity contribution in [3.8, 4) is 0 Å². The van der Waals surface area contributed by atoms with E-state index in [1.165, 1.54) is 0 Å². The van der Waals surface area contributed by atoms with Gasteiger partial charge < -0.3 is 16.0 Å². The normalized spacial score (nSPS) is 12.3. The van der Waals surface area contributed by atoms with Gasteiger partial charge in [0.15, 0.2) is 0 Å². The molecule has 0 aliphatic carbocycles. The highest BCUT2D eigenvalue weighted by atomic mass is 16.2. The molecule has 2 aromatic heterocycles. The van der Waals surface area contributed by atoms with Gasteiger partial charge in [0, 0.05) is 23.8 Å². The summed E-state index contributed by atoms with van der Waals surface area (Å²) in [6.45, 7) is 1.47. The molecule has 0 atom stereocenters. The van der Waals surface area contributed by atoms with E-state index in [9.17, 15) is 4.79 Å². The van der Waals surface area contributed by atoms with E-state index in [0.29, 0.717) is 23.2 Å². The van der Waals surface area contributed by atoms with Crippen molar-refractivity contribution in [1.82, 2.24) is 20.2 Å². The molecular formula is C23H23N9O. The van der Waals surface area contributed by atoms with Gasteiger partial charge in [-0.2, -0.15) is 20.1 Å². The lowest BCUT2D eigenvalue weighted by Crippen LogP contribution is -2.22. The fraction of sp³-hybridized carbons (Fsp3) is 0.217. The van der Waals surface area contributed by atoms with Gasteiger partial charge in [-0.1, -0.05) is 12.5 Å². The first kappa shape index (κ1) is 20.7. The van der Waals surface area contributed by atoms with Gasteiger partial charge in [-0.3, -0.25) is 5.10 Å². The van der Waals surface area contributed by atoms with E-state index >= 15 is 0 Å². The number of urea groups is 1. The molecular weight excluding hydrogens is 418 g/mol. The molecule has 10 nitrogen and oxygen atoms in total. The molecule has 0 saturated heterocycles. The fourth-order valence-electron chi connectivity index (χ4n) is 3.84. The molecule has 0 fully saturated rings. The zero-order chi connectivity index (χ0) is 22.6. The number of carbonyl (C=O) groups excluding carboxylic acids is 1. The Kier molecular flexibility index (Phi) is 5.73. The summed E-state index contributed by atoms with van der Waals surface area (Å²) >= 11 is 0. The summed E-state index contributed by atoms with van der Waals surface area (Å²) in [5.74, 6) is 1.21. The molecule has 5 rings (SSSR count). The number of H-pyrrole nitrogens is 1. The van der Waals surface area contributed by atoms with Gasteiger partial charge in [0.05, 0.1) is 28.1 Å². The van der Waals surface area contributed by atoms with E-state index in [0.717, 1.165) is 53.9 Å². The Morgan fingerprint density at radius 1 is 1.03 bits per heavy atom. The number of nitrogens with one attached hydrogen (secondary N) is 2. The second kappa shape index (κ2) is 9.13. The largest absolute Gasteiger partial charge is 0.368 e. The third kappa shape index (κ3) is 4.41. The highest BCUT2D eigenvalue weighted by Crippen LogP contribution is 2.31. The van der Waals surface area contributed by atoms with Crippen molar-refractivity contribution in [2.24, 2.45) is 15.7 Å². The van der Waals surface area contributed by atoms with Crippen LogP contribution in [0.4, 0.5) is 27.9 Å². The second-order valence-corrected chi connectivity index (χ2v) is 7.68. The van der Waals surface area contributed by atoms with Crippen molar-refractivity contribution in [2.75, 3.05) is 23.3 Å². The summed E-state index contributed by atoms with van der Waals surface area (Å²) in [6, 6.07) is 12.8. The van der Waals surface area contributed by atoms with Crippen LogP contribution in [0, 0.1) is 0 Å². The maximum Gasteiger partial charge on any atom is 0.368 e. The monoisotopic (exact) mass is 441 g/mol. The number of anilines is 4. The molecule has 0 bridgehead atoms. The number of fused-ring (bicyclic) bond motifs is 2. The summed E-state index contributed by atoms with van der Waals surface area (Å²) in [6.07, 6.45) is 6.55. The predicted molar refractivity (Wildman–Crippen MR) is 125 cm³/mol. The van der Waals surface area contributed by atoms with Crippen LogP contribution in [0.25, 0.3) is 10.9 Å². The minimum Gasteiger partial charge on any atom is -0.330 e. The molecule has 0 unspecified atom stereocenters. The number of carbonyl (C=O) groups is 1. The van der Waals surface area contributed by atoms with Crippen molar-refractivity contribution < 1.29 is 4.79 Å². The lowest BCUT2D eigenvalue weighted by molar-refractivity contribution is 0.256. The Balaban J connectivity index is 1.46. The Hall–Kier alpha value is -4.18. The summed E-state index contributed by atoms with van der Waals surface area (Å²) in [7, 11) is 0. The molecule has 1 aliphatic rings. The average Bonchev–Trinajstić information content (AvgIpc) is 3.45. The molecule has 10 heteroatoms. The second-order valence-electron chi connectivity index (χ2n) is 7.68. The van der Waals surface area contributed by atoms with E-state index < -0.39 is 6.03 Å². The van der Waals surface area contributed by atoms with Crippen molar-refractivity contribution in [3.63, 3.8) is 0 Å². The van der Waals surface area contributed by atoms with Crippen LogP contribution in [-0.4, -0.2) is 39.3 Å². The Bertz CT molecular complexity index is 1430. The molecule has 0 radical (unpaired) electrons. The fourth-order valence-corrected chi connectivity index (χ4v) is 3.84. The number of unbranched alkanes of at least 4 members (excludes halogenated alkanes) is 2. The molecule has 1 aliphatic heterocycles. The quantitative estimate of drug-likeness (QED) is 0.340. The lowest BCUT2D eigenvalue weighted by Gasteiger charge is -2.25. The van der Waals surface area contributed by atoms with Crippen LogP contribution in [0.1, 0.15) is 19.3 Å². The van der Waals surface area contributed by atoms with E-state index in [1.807, 2.05) is 30.5 Å².